The van der Waals surface area contributed by atoms with Crippen LogP contribution in [0.3, 0.4) is 0 Å². The zero-order valence-electron chi connectivity index (χ0n) is 7.22. The molecule has 1 aromatic carbocycles. The molecule has 2 nitrogen and oxygen atoms in total. The molecule has 1 aliphatic heterocycles. The standard InChI is InChI=1S/C10H11FNO/c11-8-3-1-4-9(7-8)13-10-5-2-6-12-10/h1,3,7,10,12H,2,5-6H2. The molecule has 2 rings (SSSR count). The van der Waals surface area contributed by atoms with Crippen molar-refractivity contribution in [2.45, 2.75) is 19.1 Å². The molecule has 0 aromatic heterocycles. The Bertz CT molecular complexity index is 284. The fraction of sp³-hybridized carbons (Fsp3) is 0.400. The third-order valence-corrected chi connectivity index (χ3v) is 2.02. The average Bonchev–Trinajstić information content (AvgIpc) is 2.57. The molecule has 1 heterocycles. The first-order chi connectivity index (χ1) is 6.34. The van der Waals surface area contributed by atoms with E-state index in [2.05, 4.69) is 11.4 Å². The molecule has 1 N–H and O–H groups in total. The number of hydrogen-bond donors (Lipinski definition) is 1. The van der Waals surface area contributed by atoms with Gasteiger partial charge < -0.3 is 4.74 Å². The van der Waals surface area contributed by atoms with Gasteiger partial charge in [0.05, 0.1) is 0 Å². The smallest absolute Gasteiger partial charge is 0.150 e. The normalized spacial score (nSPS) is 21.8. The Balaban J connectivity index is 2.00. The highest BCUT2D eigenvalue weighted by Crippen LogP contribution is 2.15. The Morgan fingerprint density at radius 1 is 1.62 bits per heavy atom. The lowest BCUT2D eigenvalue weighted by molar-refractivity contribution is 0.186. The van der Waals surface area contributed by atoms with Crippen LogP contribution in [0.15, 0.2) is 18.2 Å². The number of rotatable bonds is 2. The summed E-state index contributed by atoms with van der Waals surface area (Å²) in [5, 5.41) is 3.16. The molecule has 0 bridgehead atoms. The van der Waals surface area contributed by atoms with Gasteiger partial charge in [0.2, 0.25) is 0 Å². The van der Waals surface area contributed by atoms with E-state index < -0.39 is 0 Å². The molecule has 1 fully saturated rings. The molecule has 1 unspecified atom stereocenters. The molecule has 1 atom stereocenters. The number of halogens is 1. The van der Waals surface area contributed by atoms with Crippen LogP contribution in [-0.2, 0) is 0 Å². The second-order valence-corrected chi connectivity index (χ2v) is 3.07. The first kappa shape index (κ1) is 8.51. The second kappa shape index (κ2) is 3.75. The maximum absolute atomic E-state index is 12.7. The molecule has 1 saturated heterocycles. The summed E-state index contributed by atoms with van der Waals surface area (Å²) in [5.74, 6) is 0.186. The van der Waals surface area contributed by atoms with Gasteiger partial charge in [-0.05, 0) is 31.5 Å². The van der Waals surface area contributed by atoms with E-state index in [0.29, 0.717) is 5.75 Å². The summed E-state index contributed by atoms with van der Waals surface area (Å²) in [6, 6.07) is 7.06. The van der Waals surface area contributed by atoms with E-state index >= 15 is 0 Å². The predicted molar refractivity (Wildman–Crippen MR) is 46.9 cm³/mol. The van der Waals surface area contributed by atoms with Gasteiger partial charge in [0.1, 0.15) is 17.8 Å². The predicted octanol–water partition coefficient (Wildman–Crippen LogP) is 1.71. The highest BCUT2D eigenvalue weighted by Gasteiger charge is 2.15. The first-order valence-corrected chi connectivity index (χ1v) is 4.42. The van der Waals surface area contributed by atoms with Crippen molar-refractivity contribution in [1.29, 1.82) is 0 Å². The number of hydrogen-bond acceptors (Lipinski definition) is 2. The van der Waals surface area contributed by atoms with Gasteiger partial charge in [0.15, 0.2) is 0 Å². The Morgan fingerprint density at radius 2 is 2.54 bits per heavy atom. The highest BCUT2D eigenvalue weighted by molar-refractivity contribution is 5.21. The van der Waals surface area contributed by atoms with Crippen molar-refractivity contribution < 1.29 is 9.13 Å². The summed E-state index contributed by atoms with van der Waals surface area (Å²) in [4.78, 5) is 0. The highest BCUT2D eigenvalue weighted by atomic mass is 19.1. The van der Waals surface area contributed by atoms with E-state index in [1.807, 2.05) is 0 Å². The van der Waals surface area contributed by atoms with Crippen molar-refractivity contribution in [3.63, 3.8) is 0 Å². The molecule has 1 radical (unpaired) electrons. The van der Waals surface area contributed by atoms with E-state index in [4.69, 9.17) is 4.74 Å². The minimum Gasteiger partial charge on any atom is -0.475 e. The number of nitrogens with one attached hydrogen (secondary N) is 1. The minimum absolute atomic E-state index is 0.0260. The quantitative estimate of drug-likeness (QED) is 0.748. The topological polar surface area (TPSA) is 21.3 Å². The number of benzene rings is 1. The molecule has 13 heavy (non-hydrogen) atoms. The molecule has 1 aliphatic rings. The fourth-order valence-corrected chi connectivity index (χ4v) is 1.39. The summed E-state index contributed by atoms with van der Waals surface area (Å²) in [7, 11) is 0. The third-order valence-electron chi connectivity index (χ3n) is 2.02. The van der Waals surface area contributed by atoms with Crippen molar-refractivity contribution in [3.05, 3.63) is 30.1 Å². The summed E-state index contributed by atoms with van der Waals surface area (Å²) in [6.07, 6.45) is 2.11. The van der Waals surface area contributed by atoms with Crippen LogP contribution in [0.25, 0.3) is 0 Å². The fourth-order valence-electron chi connectivity index (χ4n) is 1.39. The van der Waals surface area contributed by atoms with Crippen LogP contribution in [0, 0.1) is 11.9 Å². The van der Waals surface area contributed by atoms with Crippen molar-refractivity contribution in [1.82, 2.24) is 5.32 Å². The van der Waals surface area contributed by atoms with Gasteiger partial charge in [-0.2, -0.15) is 0 Å². The van der Waals surface area contributed by atoms with Crippen molar-refractivity contribution in [2.75, 3.05) is 6.54 Å². The zero-order chi connectivity index (χ0) is 9.10. The SMILES string of the molecule is Fc1cc[c]c(OC2CCCN2)c1. The van der Waals surface area contributed by atoms with Crippen molar-refractivity contribution in [3.8, 4) is 5.75 Å². The average molecular weight is 180 g/mol. The van der Waals surface area contributed by atoms with Crippen molar-refractivity contribution >= 4 is 0 Å². The molecule has 3 heteroatoms. The minimum atomic E-state index is -0.285. The Hall–Kier alpha value is -1.09. The summed E-state index contributed by atoms with van der Waals surface area (Å²) in [5.41, 5.74) is 0. The summed E-state index contributed by atoms with van der Waals surface area (Å²) < 4.78 is 18.2. The van der Waals surface area contributed by atoms with Gasteiger partial charge in [-0.15, -0.1) is 0 Å². The molecule has 69 valence electrons. The Morgan fingerprint density at radius 3 is 3.23 bits per heavy atom. The monoisotopic (exact) mass is 180 g/mol. The van der Waals surface area contributed by atoms with Crippen LogP contribution < -0.4 is 10.1 Å². The van der Waals surface area contributed by atoms with E-state index in [1.165, 1.54) is 18.2 Å². The lowest BCUT2D eigenvalue weighted by Gasteiger charge is -2.12. The third kappa shape index (κ3) is 2.18. The largest absolute Gasteiger partial charge is 0.475 e. The number of ether oxygens (including phenoxy) is 1. The van der Waals surface area contributed by atoms with Crippen LogP contribution in [-0.4, -0.2) is 12.8 Å². The van der Waals surface area contributed by atoms with Gasteiger partial charge in [-0.1, -0.05) is 0 Å². The van der Waals surface area contributed by atoms with Gasteiger partial charge in [-0.25, -0.2) is 4.39 Å². The maximum atomic E-state index is 12.7. The van der Waals surface area contributed by atoms with E-state index in [9.17, 15) is 4.39 Å². The molecule has 0 spiro atoms. The summed E-state index contributed by atoms with van der Waals surface area (Å²) >= 11 is 0. The van der Waals surface area contributed by atoms with E-state index in [1.54, 1.807) is 0 Å². The molecule has 0 saturated carbocycles. The van der Waals surface area contributed by atoms with Gasteiger partial charge in [0.25, 0.3) is 0 Å². The first-order valence-electron chi connectivity index (χ1n) is 4.42. The van der Waals surface area contributed by atoms with Crippen LogP contribution >= 0.6 is 0 Å². The van der Waals surface area contributed by atoms with Crippen LogP contribution in [0.2, 0.25) is 0 Å². The second-order valence-electron chi connectivity index (χ2n) is 3.07. The lowest BCUT2D eigenvalue weighted by Crippen LogP contribution is -2.27. The van der Waals surface area contributed by atoms with Crippen LogP contribution in [0.4, 0.5) is 4.39 Å². The molecule has 0 amide bonds. The van der Waals surface area contributed by atoms with Gasteiger partial charge in [-0.3, -0.25) is 5.32 Å². The molecule has 1 aromatic rings. The molecular weight excluding hydrogens is 169 g/mol. The Labute approximate surface area is 76.7 Å². The maximum Gasteiger partial charge on any atom is 0.150 e. The van der Waals surface area contributed by atoms with Crippen LogP contribution in [0.1, 0.15) is 12.8 Å². The van der Waals surface area contributed by atoms with Crippen molar-refractivity contribution in [2.24, 2.45) is 0 Å². The van der Waals surface area contributed by atoms with Gasteiger partial charge in [0, 0.05) is 12.1 Å². The van der Waals surface area contributed by atoms with E-state index in [-0.39, 0.29) is 12.0 Å². The van der Waals surface area contributed by atoms with E-state index in [0.717, 1.165) is 19.4 Å². The molecule has 0 aliphatic carbocycles. The Kier molecular flexibility index (Phi) is 2.45. The molecular formula is C10H11FNO. The summed E-state index contributed by atoms with van der Waals surface area (Å²) in [6.45, 7) is 0.972. The zero-order valence-corrected chi connectivity index (χ0v) is 7.22. The lowest BCUT2D eigenvalue weighted by atomic mass is 10.3. The van der Waals surface area contributed by atoms with Gasteiger partial charge >= 0.3 is 0 Å². The van der Waals surface area contributed by atoms with Crippen LogP contribution in [0.5, 0.6) is 5.75 Å².